The predicted molar refractivity (Wildman–Crippen MR) is 110 cm³/mol. The zero-order valence-electron chi connectivity index (χ0n) is 18.0. The maximum atomic E-state index is 13.7. The molecule has 0 saturated carbocycles. The molecule has 3 rings (SSSR count). The molecule has 0 aliphatic carbocycles. The van der Waals surface area contributed by atoms with Crippen molar-refractivity contribution in [2.75, 3.05) is 26.2 Å². The van der Waals surface area contributed by atoms with Crippen molar-refractivity contribution in [1.29, 1.82) is 0 Å². The van der Waals surface area contributed by atoms with Gasteiger partial charge < -0.3 is 24.7 Å². The van der Waals surface area contributed by atoms with Crippen LogP contribution in [-0.2, 0) is 19.1 Å². The second kappa shape index (κ2) is 8.67. The predicted octanol–water partition coefficient (Wildman–Crippen LogP) is 1.42. The normalized spacial score (nSPS) is 34.3. The van der Waals surface area contributed by atoms with Crippen molar-refractivity contribution in [2.45, 2.75) is 69.6 Å². The number of likely N-dealkylation sites (tertiary alicyclic amines) is 1. The Morgan fingerprint density at radius 3 is 2.67 bits per heavy atom. The van der Waals surface area contributed by atoms with Crippen molar-refractivity contribution < 1.29 is 29.3 Å². The van der Waals surface area contributed by atoms with Crippen LogP contribution in [0.2, 0.25) is 0 Å². The summed E-state index contributed by atoms with van der Waals surface area (Å²) in [5, 5.41) is 19.1. The smallest absolute Gasteiger partial charge is 0.310 e. The number of carboxylic acid groups (broad SMARTS) is 1. The number of aliphatic carboxylic acids is 1. The van der Waals surface area contributed by atoms with E-state index in [-0.39, 0.29) is 18.4 Å². The fourth-order valence-corrected chi connectivity index (χ4v) is 5.68. The van der Waals surface area contributed by atoms with Gasteiger partial charge in [-0.1, -0.05) is 19.4 Å². The van der Waals surface area contributed by atoms with E-state index < -0.39 is 35.0 Å². The summed E-state index contributed by atoms with van der Waals surface area (Å²) in [6.07, 6.45) is 5.48. The SMILES string of the molecule is C=CCN(CCCC)C(=O)C1N(CCCCO)C(=O)[C@@H]2[C@H](C(=O)O)[C@]3(C)CCC12O3. The molecule has 3 heterocycles. The number of aliphatic hydroxyl groups is 1. The van der Waals surface area contributed by atoms with Crippen LogP contribution in [0.1, 0.15) is 52.4 Å². The van der Waals surface area contributed by atoms with Crippen LogP contribution in [0.15, 0.2) is 12.7 Å². The van der Waals surface area contributed by atoms with Crippen LogP contribution in [0, 0.1) is 11.8 Å². The highest BCUT2D eigenvalue weighted by molar-refractivity contribution is 5.98. The molecule has 0 radical (unpaired) electrons. The maximum Gasteiger partial charge on any atom is 0.310 e. The van der Waals surface area contributed by atoms with E-state index in [4.69, 9.17) is 9.84 Å². The molecule has 3 aliphatic heterocycles. The molecule has 2 bridgehead atoms. The minimum absolute atomic E-state index is 0.000621. The third-order valence-corrected chi connectivity index (χ3v) is 7.03. The van der Waals surface area contributed by atoms with Gasteiger partial charge in [0.05, 0.1) is 17.4 Å². The van der Waals surface area contributed by atoms with E-state index in [1.165, 1.54) is 4.90 Å². The van der Waals surface area contributed by atoms with Crippen molar-refractivity contribution in [1.82, 2.24) is 9.80 Å². The molecule has 1 spiro atoms. The molecule has 0 aromatic heterocycles. The summed E-state index contributed by atoms with van der Waals surface area (Å²) in [4.78, 5) is 42.6. The first-order chi connectivity index (χ1) is 14.3. The second-order valence-electron chi connectivity index (χ2n) is 8.95. The van der Waals surface area contributed by atoms with Crippen LogP contribution in [0.4, 0.5) is 0 Å². The van der Waals surface area contributed by atoms with E-state index in [1.807, 2.05) is 6.92 Å². The average molecular weight is 423 g/mol. The lowest BCUT2D eigenvalue weighted by Crippen LogP contribution is -2.56. The zero-order valence-corrected chi connectivity index (χ0v) is 18.0. The first-order valence-electron chi connectivity index (χ1n) is 11.0. The van der Waals surface area contributed by atoms with Gasteiger partial charge >= 0.3 is 5.97 Å². The van der Waals surface area contributed by atoms with Crippen LogP contribution in [0.25, 0.3) is 0 Å². The van der Waals surface area contributed by atoms with E-state index in [9.17, 15) is 19.5 Å². The van der Waals surface area contributed by atoms with Crippen molar-refractivity contribution in [3.63, 3.8) is 0 Å². The molecule has 168 valence electrons. The molecule has 3 saturated heterocycles. The molecule has 0 aromatic rings. The minimum Gasteiger partial charge on any atom is -0.481 e. The number of aliphatic hydroxyl groups excluding tert-OH is 1. The Labute approximate surface area is 177 Å². The lowest BCUT2D eigenvalue weighted by Gasteiger charge is -2.36. The summed E-state index contributed by atoms with van der Waals surface area (Å²) in [6, 6.07) is -0.836. The number of nitrogens with zero attached hydrogens (tertiary/aromatic N) is 2. The molecular weight excluding hydrogens is 388 g/mol. The van der Waals surface area contributed by atoms with Crippen molar-refractivity contribution in [3.05, 3.63) is 12.7 Å². The van der Waals surface area contributed by atoms with E-state index >= 15 is 0 Å². The van der Waals surface area contributed by atoms with Gasteiger partial charge in [-0.15, -0.1) is 6.58 Å². The molecule has 2 N–H and O–H groups in total. The minimum atomic E-state index is -1.10. The Kier molecular flexibility index (Phi) is 6.57. The van der Waals surface area contributed by atoms with Gasteiger partial charge in [0.25, 0.3) is 0 Å². The Bertz CT molecular complexity index is 712. The summed E-state index contributed by atoms with van der Waals surface area (Å²) < 4.78 is 6.35. The zero-order chi connectivity index (χ0) is 22.1. The number of carbonyl (C=O) groups is 3. The summed E-state index contributed by atoms with van der Waals surface area (Å²) in [7, 11) is 0. The van der Waals surface area contributed by atoms with Crippen LogP contribution >= 0.6 is 0 Å². The van der Waals surface area contributed by atoms with E-state index in [0.717, 1.165) is 12.8 Å². The van der Waals surface area contributed by atoms with Crippen molar-refractivity contribution in [3.8, 4) is 0 Å². The summed E-state index contributed by atoms with van der Waals surface area (Å²) in [5.74, 6) is -3.36. The van der Waals surface area contributed by atoms with Gasteiger partial charge in [-0.3, -0.25) is 14.4 Å². The molecule has 2 unspecified atom stereocenters. The highest BCUT2D eigenvalue weighted by Crippen LogP contribution is 2.63. The highest BCUT2D eigenvalue weighted by atomic mass is 16.5. The molecular formula is C22H34N2O6. The molecule has 2 amide bonds. The molecule has 8 nitrogen and oxygen atoms in total. The van der Waals surface area contributed by atoms with Gasteiger partial charge in [-0.05, 0) is 39.0 Å². The first-order valence-corrected chi connectivity index (χ1v) is 11.0. The van der Waals surface area contributed by atoms with Crippen LogP contribution < -0.4 is 0 Å². The molecule has 8 heteroatoms. The van der Waals surface area contributed by atoms with Gasteiger partial charge in [0.2, 0.25) is 11.8 Å². The Balaban J connectivity index is 2.00. The topological polar surface area (TPSA) is 107 Å². The van der Waals surface area contributed by atoms with E-state index in [2.05, 4.69) is 6.58 Å². The van der Waals surface area contributed by atoms with Crippen LogP contribution in [0.5, 0.6) is 0 Å². The Hall–Kier alpha value is -1.93. The van der Waals surface area contributed by atoms with Crippen molar-refractivity contribution >= 4 is 17.8 Å². The lowest BCUT2D eigenvalue weighted by atomic mass is 9.66. The molecule has 0 aromatic carbocycles. The number of amides is 2. The quantitative estimate of drug-likeness (QED) is 0.385. The number of fused-ring (bicyclic) bond motifs is 1. The average Bonchev–Trinajstić information content (AvgIpc) is 3.26. The standard InChI is InChI=1S/C22H34N2O6/c1-4-6-12-23(11-5-2)19(27)17-22-10-9-21(3,30-22)16(20(28)29)15(22)18(26)24(17)13-7-8-14-25/h5,15-17,25H,2,4,6-14H2,1,3H3,(H,28,29)/t15-,16+,17?,21-,22?/m0/s1. The summed E-state index contributed by atoms with van der Waals surface area (Å²) >= 11 is 0. The van der Waals surface area contributed by atoms with E-state index in [1.54, 1.807) is 17.9 Å². The lowest BCUT2D eigenvalue weighted by molar-refractivity contribution is -0.156. The summed E-state index contributed by atoms with van der Waals surface area (Å²) in [6.45, 7) is 8.78. The molecule has 30 heavy (non-hydrogen) atoms. The monoisotopic (exact) mass is 422 g/mol. The van der Waals surface area contributed by atoms with Gasteiger partial charge in [0.1, 0.15) is 11.6 Å². The fourth-order valence-electron chi connectivity index (χ4n) is 5.68. The van der Waals surface area contributed by atoms with Gasteiger partial charge in [-0.25, -0.2) is 0 Å². The number of hydrogen-bond acceptors (Lipinski definition) is 5. The highest BCUT2D eigenvalue weighted by Gasteiger charge is 2.78. The first kappa shape index (κ1) is 22.7. The number of carboxylic acids is 1. The molecule has 5 atom stereocenters. The van der Waals surface area contributed by atoms with Gasteiger partial charge in [0, 0.05) is 26.2 Å². The number of carbonyl (C=O) groups excluding carboxylic acids is 2. The molecule has 3 fully saturated rings. The fraction of sp³-hybridized carbons (Fsp3) is 0.773. The number of rotatable bonds is 11. The van der Waals surface area contributed by atoms with Crippen molar-refractivity contribution in [2.24, 2.45) is 11.8 Å². The Morgan fingerprint density at radius 2 is 2.07 bits per heavy atom. The second-order valence-corrected chi connectivity index (χ2v) is 8.95. The number of unbranched alkanes of at least 4 members (excludes halogenated alkanes) is 2. The third-order valence-electron chi connectivity index (χ3n) is 7.03. The molecule has 3 aliphatic rings. The number of ether oxygens (including phenoxy) is 1. The van der Waals surface area contributed by atoms with Gasteiger partial charge in [-0.2, -0.15) is 0 Å². The van der Waals surface area contributed by atoms with Crippen LogP contribution in [-0.4, -0.2) is 81.3 Å². The summed E-state index contributed by atoms with van der Waals surface area (Å²) in [5.41, 5.74) is -2.04. The van der Waals surface area contributed by atoms with Gasteiger partial charge in [0.15, 0.2) is 0 Å². The third kappa shape index (κ3) is 3.43. The van der Waals surface area contributed by atoms with Crippen LogP contribution in [0.3, 0.4) is 0 Å². The van der Waals surface area contributed by atoms with E-state index in [0.29, 0.717) is 45.3 Å². The Morgan fingerprint density at radius 1 is 1.33 bits per heavy atom. The largest absolute Gasteiger partial charge is 0.481 e. The maximum absolute atomic E-state index is 13.7. The number of hydrogen-bond donors (Lipinski definition) is 2.